The second-order valence-corrected chi connectivity index (χ2v) is 9.66. The summed E-state index contributed by atoms with van der Waals surface area (Å²) in [6.45, 7) is 2.34. The van der Waals surface area contributed by atoms with Gasteiger partial charge in [-0.3, -0.25) is 0 Å². The topological polar surface area (TPSA) is 94.1 Å². The molecule has 1 N–H and O–H groups in total. The molecule has 0 heterocycles. The number of ether oxygens (including phenoxy) is 3. The fourth-order valence-electron chi connectivity index (χ4n) is 3.51. The van der Waals surface area contributed by atoms with Crippen molar-refractivity contribution in [3.63, 3.8) is 0 Å². The van der Waals surface area contributed by atoms with Gasteiger partial charge in [0.25, 0.3) is 0 Å². The van der Waals surface area contributed by atoms with Crippen molar-refractivity contribution >= 4 is 16.1 Å². The average molecular weight is 424 g/mol. The minimum Gasteiger partial charge on any atom is -0.389 e. The molecule has 0 bridgehead atoms. The normalized spacial score (nSPS) is 24.3. The quantitative estimate of drug-likeness (QED) is 0.310. The summed E-state index contributed by atoms with van der Waals surface area (Å²) in [5.74, 6) is 0.357. The second-order valence-electron chi connectivity index (χ2n) is 6.83. The van der Waals surface area contributed by atoms with Crippen molar-refractivity contribution in [3.05, 3.63) is 0 Å². The second kappa shape index (κ2) is 14.0. The first-order chi connectivity index (χ1) is 13.5. The molecule has 11 heteroatoms. The molecule has 0 aromatic heterocycles. The maximum atomic E-state index is 8.85. The molecule has 1 aliphatic carbocycles. The number of hydrogen-bond acceptors (Lipinski definition) is 9. The number of methoxy groups -OCH3 is 1. The third-order valence-corrected chi connectivity index (χ3v) is 7.92. The third kappa shape index (κ3) is 7.98. The zero-order valence-corrected chi connectivity index (χ0v) is 19.0. The van der Waals surface area contributed by atoms with Gasteiger partial charge in [-0.15, -0.1) is 0 Å². The predicted molar refractivity (Wildman–Crippen MR) is 106 cm³/mol. The smallest absolute Gasteiger partial charge is 0.389 e. The molecule has 1 saturated carbocycles. The molecule has 1 rings (SSSR count). The Bertz CT molecular complexity index is 399. The lowest BCUT2D eigenvalue weighted by molar-refractivity contribution is -0.123. The SMILES string of the molecule is CCC(C[Si](OC)(OC)OB(OC)OC)OC1CCC(COCO)CC1OC. The molecule has 0 aliphatic heterocycles. The van der Waals surface area contributed by atoms with Crippen LogP contribution in [-0.2, 0) is 36.7 Å². The van der Waals surface area contributed by atoms with Crippen molar-refractivity contribution in [1.29, 1.82) is 0 Å². The van der Waals surface area contributed by atoms with Crippen molar-refractivity contribution in [3.8, 4) is 0 Å². The van der Waals surface area contributed by atoms with Crippen molar-refractivity contribution in [2.24, 2.45) is 5.92 Å². The molecule has 0 spiro atoms. The number of rotatable bonds is 15. The minimum absolute atomic E-state index is 0.0251. The Hall–Kier alpha value is -0.0782. The van der Waals surface area contributed by atoms with Crippen LogP contribution in [0.5, 0.6) is 0 Å². The lowest BCUT2D eigenvalue weighted by Crippen LogP contribution is -2.52. The van der Waals surface area contributed by atoms with Gasteiger partial charge in [0.2, 0.25) is 0 Å². The van der Waals surface area contributed by atoms with Gasteiger partial charge in [-0.05, 0) is 31.6 Å². The monoisotopic (exact) mass is 424 g/mol. The molecule has 1 aliphatic rings. The van der Waals surface area contributed by atoms with E-state index in [2.05, 4.69) is 6.92 Å². The zero-order valence-electron chi connectivity index (χ0n) is 18.0. The summed E-state index contributed by atoms with van der Waals surface area (Å²) >= 11 is 0. The minimum atomic E-state index is -3.04. The molecule has 4 atom stereocenters. The van der Waals surface area contributed by atoms with Gasteiger partial charge in [-0.25, -0.2) is 0 Å². The molecule has 9 nitrogen and oxygen atoms in total. The number of hydrogen-bond donors (Lipinski definition) is 1. The van der Waals surface area contributed by atoms with E-state index in [1.165, 1.54) is 14.2 Å². The highest BCUT2D eigenvalue weighted by atomic mass is 28.4. The molecular weight excluding hydrogens is 387 g/mol. The average Bonchev–Trinajstić information content (AvgIpc) is 2.75. The van der Waals surface area contributed by atoms with Crippen LogP contribution in [-0.4, -0.2) is 88.5 Å². The molecule has 0 aromatic rings. The van der Waals surface area contributed by atoms with Crippen LogP contribution in [0.15, 0.2) is 0 Å². The number of aliphatic hydroxyl groups is 1. The fraction of sp³-hybridized carbons (Fsp3) is 1.00. The van der Waals surface area contributed by atoms with E-state index in [-0.39, 0.29) is 25.1 Å². The van der Waals surface area contributed by atoms with Gasteiger partial charge in [0.05, 0.1) is 24.9 Å². The molecule has 0 amide bonds. The van der Waals surface area contributed by atoms with E-state index in [9.17, 15) is 0 Å². The first-order valence-electron chi connectivity index (χ1n) is 9.71. The standard InChI is InChI=1S/C17H37BO9Si/c1-7-15(12-28(23-5,24-6)27-18(21-3)22-4)26-16-9-8-14(11-25-13-19)10-17(16)20-2/h14-17,19H,7-13H2,1-6H3. The van der Waals surface area contributed by atoms with E-state index < -0.39 is 16.1 Å². The third-order valence-electron chi connectivity index (χ3n) is 5.17. The van der Waals surface area contributed by atoms with Gasteiger partial charge >= 0.3 is 16.1 Å². The molecule has 0 aromatic carbocycles. The van der Waals surface area contributed by atoms with Crippen LogP contribution in [0.2, 0.25) is 6.04 Å². The summed E-state index contributed by atoms with van der Waals surface area (Å²) in [5.41, 5.74) is 0. The van der Waals surface area contributed by atoms with Crippen molar-refractivity contribution in [1.82, 2.24) is 0 Å². The summed E-state index contributed by atoms with van der Waals surface area (Å²) in [7, 11) is 3.91. The van der Waals surface area contributed by atoms with Gasteiger partial charge < -0.3 is 41.8 Å². The van der Waals surface area contributed by atoms with Crippen LogP contribution in [0.1, 0.15) is 32.6 Å². The molecule has 4 unspecified atom stereocenters. The van der Waals surface area contributed by atoms with E-state index in [0.29, 0.717) is 18.6 Å². The Morgan fingerprint density at radius 1 is 1.04 bits per heavy atom. The van der Waals surface area contributed by atoms with Crippen LogP contribution in [0.25, 0.3) is 0 Å². The first kappa shape index (κ1) is 26.0. The summed E-state index contributed by atoms with van der Waals surface area (Å²) < 4.78 is 44.7. The lowest BCUT2D eigenvalue weighted by Gasteiger charge is -2.38. The largest absolute Gasteiger partial charge is 0.631 e. The fourth-order valence-corrected chi connectivity index (χ4v) is 5.72. The Morgan fingerprint density at radius 3 is 2.21 bits per heavy atom. The van der Waals surface area contributed by atoms with Crippen LogP contribution >= 0.6 is 0 Å². The zero-order chi connectivity index (χ0) is 21.0. The molecule has 28 heavy (non-hydrogen) atoms. The molecule has 0 radical (unpaired) electrons. The summed E-state index contributed by atoms with van der Waals surface area (Å²) in [6, 6.07) is 0.476. The van der Waals surface area contributed by atoms with E-state index in [4.69, 9.17) is 41.8 Å². The van der Waals surface area contributed by atoms with Crippen LogP contribution in [0.4, 0.5) is 0 Å². The Kier molecular flexibility index (Phi) is 13.0. The van der Waals surface area contributed by atoms with E-state index in [0.717, 1.165) is 25.7 Å². The van der Waals surface area contributed by atoms with E-state index >= 15 is 0 Å². The van der Waals surface area contributed by atoms with Gasteiger partial charge in [-0.1, -0.05) is 6.92 Å². The maximum Gasteiger partial charge on any atom is 0.631 e. The van der Waals surface area contributed by atoms with Crippen LogP contribution in [0.3, 0.4) is 0 Å². The van der Waals surface area contributed by atoms with Crippen molar-refractivity contribution in [2.45, 2.75) is 57.0 Å². The Morgan fingerprint density at radius 2 is 1.71 bits per heavy atom. The first-order valence-corrected chi connectivity index (χ1v) is 11.6. The van der Waals surface area contributed by atoms with Crippen LogP contribution < -0.4 is 0 Å². The summed E-state index contributed by atoms with van der Waals surface area (Å²) in [4.78, 5) is 0. The van der Waals surface area contributed by atoms with Crippen molar-refractivity contribution in [2.75, 3.05) is 48.9 Å². The predicted octanol–water partition coefficient (Wildman–Crippen LogP) is 1.46. The van der Waals surface area contributed by atoms with Gasteiger partial charge in [-0.2, -0.15) is 0 Å². The summed E-state index contributed by atoms with van der Waals surface area (Å²) in [5, 5.41) is 8.85. The van der Waals surface area contributed by atoms with Gasteiger partial charge in [0, 0.05) is 41.6 Å². The van der Waals surface area contributed by atoms with Gasteiger partial charge in [0.15, 0.2) is 0 Å². The molecule has 166 valence electrons. The molecule has 1 fully saturated rings. The molecular formula is C17H37BO9Si. The van der Waals surface area contributed by atoms with Crippen LogP contribution in [0, 0.1) is 5.92 Å². The highest BCUT2D eigenvalue weighted by molar-refractivity contribution is 6.67. The lowest BCUT2D eigenvalue weighted by atomic mass is 9.85. The Balaban J connectivity index is 2.72. The highest BCUT2D eigenvalue weighted by Crippen LogP contribution is 2.31. The summed E-state index contributed by atoms with van der Waals surface area (Å²) in [6.07, 6.45) is 3.27. The van der Waals surface area contributed by atoms with E-state index in [1.54, 1.807) is 21.3 Å². The van der Waals surface area contributed by atoms with E-state index in [1.807, 2.05) is 0 Å². The van der Waals surface area contributed by atoms with Crippen molar-refractivity contribution < 1.29 is 41.8 Å². The Labute approximate surface area is 170 Å². The van der Waals surface area contributed by atoms with Gasteiger partial charge in [0.1, 0.15) is 6.79 Å². The molecule has 0 saturated heterocycles. The maximum absolute atomic E-state index is 8.85. The highest BCUT2D eigenvalue weighted by Gasteiger charge is 2.47. The number of aliphatic hydroxyl groups excluding tert-OH is 1.